The molecule has 0 aliphatic rings. The van der Waals surface area contributed by atoms with E-state index in [1.54, 1.807) is 16.8 Å². The first kappa shape index (κ1) is 12.2. The van der Waals surface area contributed by atoms with Crippen LogP contribution in [0.1, 0.15) is 21.6 Å². The minimum absolute atomic E-state index is 0.134. The molecule has 0 fully saturated rings. The molecule has 1 amide bonds. The Balaban J connectivity index is 2.05. The number of carbonyl (C=O) groups is 1. The monoisotopic (exact) mass is 244 g/mol. The van der Waals surface area contributed by atoms with Gasteiger partial charge < -0.3 is 11.1 Å². The molecule has 0 atom stereocenters. The van der Waals surface area contributed by atoms with Crippen molar-refractivity contribution in [2.24, 2.45) is 7.05 Å². The molecule has 0 unspecified atom stereocenters. The molecule has 5 nitrogen and oxygen atoms in total. The molecule has 5 heteroatoms. The first-order chi connectivity index (χ1) is 8.56. The lowest BCUT2D eigenvalue weighted by atomic mass is 10.1. The summed E-state index contributed by atoms with van der Waals surface area (Å²) in [6.07, 6.45) is 1.84. The van der Waals surface area contributed by atoms with Crippen LogP contribution in [0.25, 0.3) is 0 Å². The topological polar surface area (TPSA) is 72.9 Å². The molecule has 3 N–H and O–H groups in total. The standard InChI is InChI=1S/C13H16N4O/c1-9-3-4-10(14)7-12(9)13(18)15-8-11-5-6-17(2)16-11/h3-7H,8,14H2,1-2H3,(H,15,18). The van der Waals surface area contributed by atoms with E-state index in [0.717, 1.165) is 11.3 Å². The van der Waals surface area contributed by atoms with Crippen molar-refractivity contribution in [2.75, 3.05) is 5.73 Å². The molecule has 0 bridgehead atoms. The number of carbonyl (C=O) groups excluding carboxylic acids is 1. The molecular formula is C13H16N4O. The molecule has 0 saturated carbocycles. The second-order valence-corrected chi connectivity index (χ2v) is 4.24. The number of hydrogen-bond acceptors (Lipinski definition) is 3. The van der Waals surface area contributed by atoms with Crippen molar-refractivity contribution in [3.8, 4) is 0 Å². The number of rotatable bonds is 3. The van der Waals surface area contributed by atoms with Crippen molar-refractivity contribution in [2.45, 2.75) is 13.5 Å². The van der Waals surface area contributed by atoms with Crippen LogP contribution in [0.3, 0.4) is 0 Å². The van der Waals surface area contributed by atoms with Crippen LogP contribution in [0, 0.1) is 6.92 Å². The van der Waals surface area contributed by atoms with Gasteiger partial charge in [-0.1, -0.05) is 6.07 Å². The predicted octanol–water partition coefficient (Wildman–Crippen LogP) is 1.24. The first-order valence-corrected chi connectivity index (χ1v) is 5.69. The summed E-state index contributed by atoms with van der Waals surface area (Å²) >= 11 is 0. The third-order valence-electron chi connectivity index (χ3n) is 2.71. The lowest BCUT2D eigenvalue weighted by Crippen LogP contribution is -2.24. The largest absolute Gasteiger partial charge is 0.399 e. The Kier molecular flexibility index (Phi) is 3.32. The second kappa shape index (κ2) is 4.91. The van der Waals surface area contributed by atoms with E-state index in [1.165, 1.54) is 0 Å². The lowest BCUT2D eigenvalue weighted by molar-refractivity contribution is 0.0950. The molecular weight excluding hydrogens is 228 g/mol. The smallest absolute Gasteiger partial charge is 0.251 e. The van der Waals surface area contributed by atoms with Crippen molar-refractivity contribution in [3.63, 3.8) is 0 Å². The van der Waals surface area contributed by atoms with Gasteiger partial charge in [0.2, 0.25) is 0 Å². The third-order valence-corrected chi connectivity index (χ3v) is 2.71. The Hall–Kier alpha value is -2.30. The Bertz CT molecular complexity index is 574. The van der Waals surface area contributed by atoms with Crippen LogP contribution in [0.5, 0.6) is 0 Å². The van der Waals surface area contributed by atoms with E-state index in [2.05, 4.69) is 10.4 Å². The van der Waals surface area contributed by atoms with Crippen molar-refractivity contribution in [1.29, 1.82) is 0 Å². The lowest BCUT2D eigenvalue weighted by Gasteiger charge is -2.07. The summed E-state index contributed by atoms with van der Waals surface area (Å²) in [5, 5.41) is 7.02. The van der Waals surface area contributed by atoms with Crippen LogP contribution in [-0.4, -0.2) is 15.7 Å². The van der Waals surface area contributed by atoms with Crippen LogP contribution >= 0.6 is 0 Å². The maximum Gasteiger partial charge on any atom is 0.251 e. The Labute approximate surface area is 106 Å². The van der Waals surface area contributed by atoms with Gasteiger partial charge in [0.15, 0.2) is 0 Å². The van der Waals surface area contributed by atoms with Gasteiger partial charge in [0, 0.05) is 24.5 Å². The number of amides is 1. The van der Waals surface area contributed by atoms with Gasteiger partial charge >= 0.3 is 0 Å². The molecule has 1 aromatic heterocycles. The number of benzene rings is 1. The van der Waals surface area contributed by atoms with Gasteiger partial charge in [0.25, 0.3) is 5.91 Å². The molecule has 0 radical (unpaired) electrons. The maximum absolute atomic E-state index is 12.0. The van der Waals surface area contributed by atoms with E-state index in [4.69, 9.17) is 5.73 Å². The van der Waals surface area contributed by atoms with Crippen molar-refractivity contribution < 1.29 is 4.79 Å². The molecule has 18 heavy (non-hydrogen) atoms. The van der Waals surface area contributed by atoms with Gasteiger partial charge in [-0.05, 0) is 30.7 Å². The summed E-state index contributed by atoms with van der Waals surface area (Å²) in [6.45, 7) is 2.29. The maximum atomic E-state index is 12.0. The van der Waals surface area contributed by atoms with E-state index in [9.17, 15) is 4.79 Å². The van der Waals surface area contributed by atoms with E-state index in [0.29, 0.717) is 17.8 Å². The van der Waals surface area contributed by atoms with Gasteiger partial charge in [0.1, 0.15) is 0 Å². The average molecular weight is 244 g/mol. The van der Waals surface area contributed by atoms with Gasteiger partial charge in [-0.2, -0.15) is 5.10 Å². The van der Waals surface area contributed by atoms with E-state index >= 15 is 0 Å². The minimum atomic E-state index is -0.134. The number of anilines is 1. The fourth-order valence-electron chi connectivity index (χ4n) is 1.71. The third kappa shape index (κ3) is 2.68. The van der Waals surface area contributed by atoms with Gasteiger partial charge in [0.05, 0.1) is 12.2 Å². The van der Waals surface area contributed by atoms with Gasteiger partial charge in [-0.15, -0.1) is 0 Å². The molecule has 0 spiro atoms. The Morgan fingerprint density at radius 1 is 1.44 bits per heavy atom. The molecule has 0 aliphatic heterocycles. The molecule has 0 saturated heterocycles. The van der Waals surface area contributed by atoms with Crippen LogP contribution < -0.4 is 11.1 Å². The highest BCUT2D eigenvalue weighted by Crippen LogP contribution is 2.12. The fraction of sp³-hybridized carbons (Fsp3) is 0.231. The highest BCUT2D eigenvalue weighted by Gasteiger charge is 2.09. The molecule has 2 aromatic rings. The van der Waals surface area contributed by atoms with E-state index < -0.39 is 0 Å². The quantitative estimate of drug-likeness (QED) is 0.798. The van der Waals surface area contributed by atoms with Gasteiger partial charge in [-0.3, -0.25) is 9.48 Å². The van der Waals surface area contributed by atoms with E-state index in [-0.39, 0.29) is 5.91 Å². The summed E-state index contributed by atoms with van der Waals surface area (Å²) in [5.74, 6) is -0.134. The summed E-state index contributed by atoms with van der Waals surface area (Å²) in [4.78, 5) is 12.0. The highest BCUT2D eigenvalue weighted by atomic mass is 16.1. The van der Waals surface area contributed by atoms with Crippen LogP contribution in [0.15, 0.2) is 30.5 Å². The summed E-state index contributed by atoms with van der Waals surface area (Å²) < 4.78 is 1.70. The van der Waals surface area contributed by atoms with Crippen LogP contribution in [0.4, 0.5) is 5.69 Å². The highest BCUT2D eigenvalue weighted by molar-refractivity contribution is 5.96. The SMILES string of the molecule is Cc1ccc(N)cc1C(=O)NCc1ccn(C)n1. The second-order valence-electron chi connectivity index (χ2n) is 4.24. The predicted molar refractivity (Wildman–Crippen MR) is 70.0 cm³/mol. The number of nitrogens with zero attached hydrogens (tertiary/aromatic N) is 2. The van der Waals surface area contributed by atoms with Crippen molar-refractivity contribution >= 4 is 11.6 Å². The molecule has 0 aliphatic carbocycles. The number of aryl methyl sites for hydroxylation is 2. The fourth-order valence-corrected chi connectivity index (χ4v) is 1.71. The zero-order chi connectivity index (χ0) is 13.1. The van der Waals surface area contributed by atoms with E-state index in [1.807, 2.05) is 32.3 Å². The number of nitrogens with one attached hydrogen (secondary N) is 1. The normalized spacial score (nSPS) is 10.3. The summed E-state index contributed by atoms with van der Waals surface area (Å²) in [7, 11) is 1.84. The molecule has 1 aromatic carbocycles. The number of hydrogen-bond donors (Lipinski definition) is 2. The first-order valence-electron chi connectivity index (χ1n) is 5.69. The minimum Gasteiger partial charge on any atom is -0.399 e. The van der Waals surface area contributed by atoms with Crippen molar-refractivity contribution in [1.82, 2.24) is 15.1 Å². The number of nitrogens with two attached hydrogens (primary N) is 1. The summed E-state index contributed by atoms with van der Waals surface area (Å²) in [6, 6.07) is 7.17. The average Bonchev–Trinajstić information content (AvgIpc) is 2.75. The molecule has 94 valence electrons. The Morgan fingerprint density at radius 2 is 2.22 bits per heavy atom. The van der Waals surface area contributed by atoms with Crippen molar-refractivity contribution in [3.05, 3.63) is 47.3 Å². The zero-order valence-corrected chi connectivity index (χ0v) is 10.5. The Morgan fingerprint density at radius 3 is 2.89 bits per heavy atom. The van der Waals surface area contributed by atoms with Crippen LogP contribution in [0.2, 0.25) is 0 Å². The molecule has 2 rings (SSSR count). The number of nitrogen functional groups attached to an aromatic ring is 1. The summed E-state index contributed by atoms with van der Waals surface area (Å²) in [5.41, 5.74) is 8.60. The van der Waals surface area contributed by atoms with Gasteiger partial charge in [-0.25, -0.2) is 0 Å². The van der Waals surface area contributed by atoms with Crippen LogP contribution in [-0.2, 0) is 13.6 Å². The number of aromatic nitrogens is 2. The molecule has 1 heterocycles. The zero-order valence-electron chi connectivity index (χ0n) is 10.5.